The molecule has 1 heterocycles. The van der Waals surface area contributed by atoms with Gasteiger partial charge in [-0.25, -0.2) is 4.98 Å². The maximum absolute atomic E-state index is 12.2. The van der Waals surface area contributed by atoms with Gasteiger partial charge in [0.1, 0.15) is 5.01 Å². The monoisotopic (exact) mass is 268 g/mol. The fourth-order valence-electron chi connectivity index (χ4n) is 2.05. The predicted octanol–water partition coefficient (Wildman–Crippen LogP) is 3.78. The molecule has 1 aromatic heterocycles. The van der Waals surface area contributed by atoms with Gasteiger partial charge in [-0.05, 0) is 25.2 Å². The van der Waals surface area contributed by atoms with Crippen LogP contribution in [-0.2, 0) is 4.79 Å². The minimum Gasteiger partial charge on any atom is -0.347 e. The van der Waals surface area contributed by atoms with E-state index in [-0.39, 0.29) is 17.9 Å². The SMILES string of the molecule is CCC(CC)C(=O)NC(CC(C)C)c1nccs1. The van der Waals surface area contributed by atoms with Gasteiger partial charge in [0.25, 0.3) is 0 Å². The molecule has 0 aromatic carbocycles. The van der Waals surface area contributed by atoms with Crippen LogP contribution < -0.4 is 5.32 Å². The minimum absolute atomic E-state index is 0.0677. The van der Waals surface area contributed by atoms with Gasteiger partial charge in [-0.15, -0.1) is 11.3 Å². The van der Waals surface area contributed by atoms with Crippen molar-refractivity contribution in [2.24, 2.45) is 11.8 Å². The van der Waals surface area contributed by atoms with Crippen LogP contribution in [0.1, 0.15) is 58.0 Å². The van der Waals surface area contributed by atoms with Crippen molar-refractivity contribution in [1.29, 1.82) is 0 Å². The molecule has 0 aliphatic rings. The second-order valence-corrected chi connectivity index (χ2v) is 6.00. The molecule has 0 bridgehead atoms. The standard InChI is InChI=1S/C14H24N2OS/c1-5-11(6-2)13(17)16-12(9-10(3)4)14-15-7-8-18-14/h7-8,10-12H,5-6,9H2,1-4H3,(H,16,17). The van der Waals surface area contributed by atoms with Crippen LogP contribution in [0.25, 0.3) is 0 Å². The van der Waals surface area contributed by atoms with Gasteiger partial charge in [0.2, 0.25) is 5.91 Å². The van der Waals surface area contributed by atoms with Gasteiger partial charge in [0.05, 0.1) is 6.04 Å². The lowest BCUT2D eigenvalue weighted by molar-refractivity contribution is -0.126. The predicted molar refractivity (Wildman–Crippen MR) is 76.5 cm³/mol. The summed E-state index contributed by atoms with van der Waals surface area (Å²) >= 11 is 1.62. The van der Waals surface area contributed by atoms with Crippen molar-refractivity contribution in [2.45, 2.75) is 53.0 Å². The zero-order valence-corrected chi connectivity index (χ0v) is 12.6. The number of aromatic nitrogens is 1. The van der Waals surface area contributed by atoms with E-state index in [1.165, 1.54) is 0 Å². The normalized spacial score (nSPS) is 13.0. The average Bonchev–Trinajstić information content (AvgIpc) is 2.82. The first-order valence-corrected chi connectivity index (χ1v) is 7.66. The molecule has 0 spiro atoms. The topological polar surface area (TPSA) is 42.0 Å². The molecule has 1 N–H and O–H groups in total. The van der Waals surface area contributed by atoms with Gasteiger partial charge >= 0.3 is 0 Å². The van der Waals surface area contributed by atoms with Crippen molar-refractivity contribution >= 4 is 17.2 Å². The number of rotatable bonds is 7. The quantitative estimate of drug-likeness (QED) is 0.817. The largest absolute Gasteiger partial charge is 0.347 e. The number of carbonyl (C=O) groups is 1. The summed E-state index contributed by atoms with van der Waals surface area (Å²) in [5.74, 6) is 0.835. The molecule has 0 fully saturated rings. The van der Waals surface area contributed by atoms with Crippen molar-refractivity contribution in [1.82, 2.24) is 10.3 Å². The lowest BCUT2D eigenvalue weighted by Gasteiger charge is -2.21. The third-order valence-electron chi connectivity index (χ3n) is 3.13. The highest BCUT2D eigenvalue weighted by atomic mass is 32.1. The number of amides is 1. The van der Waals surface area contributed by atoms with E-state index in [4.69, 9.17) is 0 Å². The Balaban J connectivity index is 2.70. The number of carbonyl (C=O) groups excluding carboxylic acids is 1. The van der Waals surface area contributed by atoms with E-state index in [1.54, 1.807) is 17.5 Å². The summed E-state index contributed by atoms with van der Waals surface area (Å²) in [4.78, 5) is 16.5. The Hall–Kier alpha value is -0.900. The summed E-state index contributed by atoms with van der Waals surface area (Å²) in [6.45, 7) is 8.47. The molecule has 4 heteroatoms. The number of thiazole rings is 1. The molecule has 0 radical (unpaired) electrons. The van der Waals surface area contributed by atoms with Crippen molar-refractivity contribution < 1.29 is 4.79 Å². The third-order valence-corrected chi connectivity index (χ3v) is 4.02. The van der Waals surface area contributed by atoms with Crippen LogP contribution >= 0.6 is 11.3 Å². The second-order valence-electron chi connectivity index (χ2n) is 5.07. The fraction of sp³-hybridized carbons (Fsp3) is 0.714. The lowest BCUT2D eigenvalue weighted by atomic mass is 10.00. The van der Waals surface area contributed by atoms with Crippen molar-refractivity contribution in [3.63, 3.8) is 0 Å². The Morgan fingerprint density at radius 3 is 2.50 bits per heavy atom. The molecular weight excluding hydrogens is 244 g/mol. The molecule has 3 nitrogen and oxygen atoms in total. The average molecular weight is 268 g/mol. The first-order valence-electron chi connectivity index (χ1n) is 6.78. The maximum atomic E-state index is 12.2. The molecule has 1 rings (SSSR count). The molecular formula is C14H24N2OS. The Morgan fingerprint density at radius 2 is 2.06 bits per heavy atom. The van der Waals surface area contributed by atoms with E-state index in [2.05, 4.69) is 38.0 Å². The van der Waals surface area contributed by atoms with Crippen molar-refractivity contribution in [3.05, 3.63) is 16.6 Å². The molecule has 0 aliphatic carbocycles. The molecule has 1 aromatic rings. The summed E-state index contributed by atoms with van der Waals surface area (Å²) in [6.07, 6.45) is 4.54. The Morgan fingerprint density at radius 1 is 1.39 bits per heavy atom. The summed E-state index contributed by atoms with van der Waals surface area (Å²) in [6, 6.07) is 0.0677. The van der Waals surface area contributed by atoms with Crippen LogP contribution in [0.5, 0.6) is 0 Å². The summed E-state index contributed by atoms with van der Waals surface area (Å²) in [5, 5.41) is 6.14. The van der Waals surface area contributed by atoms with E-state index in [0.717, 1.165) is 24.3 Å². The van der Waals surface area contributed by atoms with Crippen LogP contribution in [-0.4, -0.2) is 10.9 Å². The highest BCUT2D eigenvalue weighted by Crippen LogP contribution is 2.24. The first kappa shape index (κ1) is 15.2. The second kappa shape index (κ2) is 7.52. The molecule has 18 heavy (non-hydrogen) atoms. The minimum atomic E-state index is 0.0677. The molecule has 1 unspecified atom stereocenters. The van der Waals surface area contributed by atoms with Gasteiger partial charge in [-0.3, -0.25) is 4.79 Å². The molecule has 102 valence electrons. The van der Waals surface area contributed by atoms with Crippen LogP contribution in [0.2, 0.25) is 0 Å². The van der Waals surface area contributed by atoms with Crippen molar-refractivity contribution in [3.8, 4) is 0 Å². The summed E-state index contributed by atoms with van der Waals surface area (Å²) in [5.41, 5.74) is 0. The number of nitrogens with one attached hydrogen (secondary N) is 1. The van der Waals surface area contributed by atoms with E-state index in [0.29, 0.717) is 5.92 Å². The Labute approximate surface area is 114 Å². The zero-order valence-electron chi connectivity index (χ0n) is 11.8. The highest BCUT2D eigenvalue weighted by Gasteiger charge is 2.22. The van der Waals surface area contributed by atoms with Crippen LogP contribution in [0.4, 0.5) is 0 Å². The van der Waals surface area contributed by atoms with Gasteiger partial charge in [-0.1, -0.05) is 27.7 Å². The van der Waals surface area contributed by atoms with Crippen molar-refractivity contribution in [2.75, 3.05) is 0 Å². The van der Waals surface area contributed by atoms with Crippen LogP contribution in [0, 0.1) is 11.8 Å². The van der Waals surface area contributed by atoms with Gasteiger partial charge in [-0.2, -0.15) is 0 Å². The van der Waals surface area contributed by atoms with E-state index >= 15 is 0 Å². The maximum Gasteiger partial charge on any atom is 0.223 e. The number of hydrogen-bond donors (Lipinski definition) is 1. The molecule has 1 amide bonds. The van der Waals surface area contributed by atoms with E-state index < -0.39 is 0 Å². The van der Waals surface area contributed by atoms with Gasteiger partial charge in [0.15, 0.2) is 0 Å². The fourth-order valence-corrected chi connectivity index (χ4v) is 2.75. The van der Waals surface area contributed by atoms with Gasteiger partial charge < -0.3 is 5.32 Å². The Kier molecular flexibility index (Phi) is 6.33. The van der Waals surface area contributed by atoms with E-state index in [1.807, 2.05) is 5.38 Å². The number of nitrogens with zero attached hydrogens (tertiary/aromatic N) is 1. The summed E-state index contributed by atoms with van der Waals surface area (Å²) < 4.78 is 0. The lowest BCUT2D eigenvalue weighted by Crippen LogP contribution is -2.34. The smallest absolute Gasteiger partial charge is 0.223 e. The molecule has 0 saturated carbocycles. The molecule has 0 aliphatic heterocycles. The molecule has 0 saturated heterocycles. The third kappa shape index (κ3) is 4.41. The number of hydrogen-bond acceptors (Lipinski definition) is 3. The van der Waals surface area contributed by atoms with E-state index in [9.17, 15) is 4.79 Å². The van der Waals surface area contributed by atoms with Crippen LogP contribution in [0.3, 0.4) is 0 Å². The van der Waals surface area contributed by atoms with Gasteiger partial charge in [0, 0.05) is 17.5 Å². The summed E-state index contributed by atoms with van der Waals surface area (Å²) in [7, 11) is 0. The first-order chi connectivity index (χ1) is 8.58. The zero-order chi connectivity index (χ0) is 13.5. The van der Waals surface area contributed by atoms with Crippen LogP contribution in [0.15, 0.2) is 11.6 Å². The molecule has 1 atom stereocenters. The Bertz CT molecular complexity index is 345. The highest BCUT2D eigenvalue weighted by molar-refractivity contribution is 7.09.